The zero-order valence-corrected chi connectivity index (χ0v) is 10.5. The van der Waals surface area contributed by atoms with E-state index in [9.17, 15) is 13.9 Å². The van der Waals surface area contributed by atoms with E-state index in [-0.39, 0.29) is 10.7 Å². The van der Waals surface area contributed by atoms with E-state index < -0.39 is 22.7 Å². The molecule has 2 rings (SSSR count). The van der Waals surface area contributed by atoms with Crippen LogP contribution in [0, 0.1) is 5.92 Å². The summed E-state index contributed by atoms with van der Waals surface area (Å²) in [4.78, 5) is 11.4. The van der Waals surface area contributed by atoms with E-state index in [0.717, 1.165) is 0 Å². The van der Waals surface area contributed by atoms with E-state index >= 15 is 0 Å². The smallest absolute Gasteiger partial charge is 0.314 e. The third-order valence-electron chi connectivity index (χ3n) is 2.71. The molecule has 0 aliphatic carbocycles. The molecule has 0 bridgehead atoms. The Kier molecular flexibility index (Phi) is 3.29. The van der Waals surface area contributed by atoms with Crippen molar-refractivity contribution in [2.24, 2.45) is 10.3 Å². The third-order valence-corrected chi connectivity index (χ3v) is 4.10. The molecule has 4 N–H and O–H groups in total. The van der Waals surface area contributed by atoms with Crippen LogP contribution in [0.3, 0.4) is 0 Å². The molecule has 1 aromatic rings. The number of aliphatic carboxylic acids is 1. The van der Waals surface area contributed by atoms with E-state index in [1.165, 1.54) is 0 Å². The average Bonchev–Trinajstić information content (AvgIpc) is 2.28. The number of carboxylic acid groups (broad SMARTS) is 1. The lowest BCUT2D eigenvalue weighted by Crippen LogP contribution is -2.32. The van der Waals surface area contributed by atoms with E-state index in [1.807, 2.05) is 0 Å². The van der Waals surface area contributed by atoms with Gasteiger partial charge in [0.05, 0.1) is 5.69 Å². The van der Waals surface area contributed by atoms with Crippen LogP contribution in [-0.4, -0.2) is 26.0 Å². The van der Waals surface area contributed by atoms with Gasteiger partial charge in [-0.15, -0.1) is 4.40 Å². The second-order valence-corrected chi connectivity index (χ2v) is 5.58. The van der Waals surface area contributed by atoms with Gasteiger partial charge >= 0.3 is 5.97 Å². The van der Waals surface area contributed by atoms with Gasteiger partial charge in [-0.05, 0) is 18.6 Å². The Morgan fingerprint density at radius 2 is 2.11 bits per heavy atom. The molecule has 1 atom stereocenters. The van der Waals surface area contributed by atoms with Crippen LogP contribution in [0.2, 0.25) is 0 Å². The normalized spacial score (nSPS) is 20.1. The number of benzene rings is 1. The molecule has 0 amide bonds. The summed E-state index contributed by atoms with van der Waals surface area (Å²) in [6.45, 7) is 1.70. The zero-order chi connectivity index (χ0) is 13.3. The molecular formula is C11H14N2O4S. The van der Waals surface area contributed by atoms with Crippen molar-refractivity contribution in [3.05, 3.63) is 24.3 Å². The highest BCUT2D eigenvalue weighted by atomic mass is 32.3. The van der Waals surface area contributed by atoms with E-state index in [4.69, 9.17) is 5.11 Å². The van der Waals surface area contributed by atoms with Crippen LogP contribution in [0.25, 0.3) is 0 Å². The first-order valence-electron chi connectivity index (χ1n) is 5.42. The molecule has 18 heavy (non-hydrogen) atoms. The van der Waals surface area contributed by atoms with E-state index in [2.05, 4.69) is 9.71 Å². The highest BCUT2D eigenvalue weighted by Gasteiger charge is 2.31. The van der Waals surface area contributed by atoms with Crippen molar-refractivity contribution < 1.29 is 19.0 Å². The number of rotatable bonds is 3. The third kappa shape index (κ3) is 2.20. The van der Waals surface area contributed by atoms with Gasteiger partial charge in [-0.25, -0.2) is 0 Å². The van der Waals surface area contributed by atoms with Crippen molar-refractivity contribution in [3.8, 4) is 0 Å². The van der Waals surface area contributed by atoms with Crippen LogP contribution in [0.15, 0.2) is 33.6 Å². The quantitative estimate of drug-likeness (QED) is 0.676. The van der Waals surface area contributed by atoms with Crippen molar-refractivity contribution in [3.63, 3.8) is 0 Å². The fourth-order valence-corrected chi connectivity index (χ4v) is 3.01. The molecular weight excluding hydrogens is 256 g/mol. The van der Waals surface area contributed by atoms with Gasteiger partial charge in [0.15, 0.2) is 0 Å². The maximum atomic E-state index is 11.1. The van der Waals surface area contributed by atoms with Crippen molar-refractivity contribution >= 4 is 28.3 Å². The summed E-state index contributed by atoms with van der Waals surface area (Å²) in [7, 11) is -3.32. The lowest BCUT2D eigenvalue weighted by atomic mass is 10.1. The molecule has 0 radical (unpaired) electrons. The number of anilines is 1. The zero-order valence-electron chi connectivity index (χ0n) is 9.70. The number of amidine groups is 1. The largest absolute Gasteiger partial charge is 0.481 e. The topological polar surface area (TPSA) is 102 Å². The Balaban J connectivity index is 2.44. The molecule has 0 aromatic heterocycles. The Hall–Kier alpha value is -1.57. The predicted molar refractivity (Wildman–Crippen MR) is 70.0 cm³/mol. The van der Waals surface area contributed by atoms with Gasteiger partial charge < -0.3 is 10.4 Å². The first-order chi connectivity index (χ1) is 8.45. The van der Waals surface area contributed by atoms with Gasteiger partial charge in [-0.2, -0.15) is 0 Å². The van der Waals surface area contributed by atoms with Gasteiger partial charge in [0, 0.05) is 0 Å². The summed E-state index contributed by atoms with van der Waals surface area (Å²) in [5.74, 6) is -1.83. The van der Waals surface area contributed by atoms with Crippen LogP contribution in [0.1, 0.15) is 13.3 Å². The second kappa shape index (κ2) is 4.60. The Morgan fingerprint density at radius 3 is 2.72 bits per heavy atom. The average molecular weight is 270 g/mol. The first-order valence-corrected chi connectivity index (χ1v) is 6.93. The predicted octanol–water partition coefficient (Wildman–Crippen LogP) is 2.65. The number of para-hydroxylation sites is 1. The van der Waals surface area contributed by atoms with Crippen molar-refractivity contribution in [1.29, 1.82) is 0 Å². The summed E-state index contributed by atoms with van der Waals surface area (Å²) in [5, 5.41) is 11.9. The molecule has 7 heteroatoms. The summed E-state index contributed by atoms with van der Waals surface area (Å²) in [6, 6.07) is 6.61. The van der Waals surface area contributed by atoms with Crippen LogP contribution in [0.4, 0.5) is 5.69 Å². The molecule has 1 aliphatic heterocycles. The number of fused-ring (bicyclic) bond motifs is 1. The minimum absolute atomic E-state index is 0.0868. The lowest BCUT2D eigenvalue weighted by molar-refractivity contribution is -0.139. The van der Waals surface area contributed by atoms with Crippen molar-refractivity contribution in [2.45, 2.75) is 18.2 Å². The van der Waals surface area contributed by atoms with Crippen LogP contribution in [0.5, 0.6) is 0 Å². The molecule has 6 nitrogen and oxygen atoms in total. The summed E-state index contributed by atoms with van der Waals surface area (Å²) < 4.78 is 23.7. The standard InChI is InChI=1S/C11H14N2O4S/c1-2-7(11(14)15)10-12-8-5-3-4-6-9(8)18(16,17)13-10/h3-7,16-17H,2H2,1H3,(H,12,13)(H,14,15). The monoisotopic (exact) mass is 270 g/mol. The molecule has 0 saturated heterocycles. The number of nitrogens with zero attached hydrogens (tertiary/aromatic N) is 1. The molecule has 98 valence electrons. The minimum Gasteiger partial charge on any atom is -0.481 e. The van der Waals surface area contributed by atoms with Gasteiger partial charge in [0.25, 0.3) is 0 Å². The Morgan fingerprint density at radius 1 is 1.44 bits per heavy atom. The Bertz CT molecular complexity index is 516. The van der Waals surface area contributed by atoms with Crippen LogP contribution in [-0.2, 0) is 4.79 Å². The molecule has 0 saturated carbocycles. The maximum Gasteiger partial charge on any atom is 0.314 e. The summed E-state index contributed by atoms with van der Waals surface area (Å²) in [6.07, 6.45) is 0.318. The minimum atomic E-state index is -3.32. The SMILES string of the molecule is CCC(C(=O)O)C1=NS(O)(O)c2ccccc2N1. The molecule has 1 aliphatic rings. The van der Waals surface area contributed by atoms with Crippen molar-refractivity contribution in [1.82, 2.24) is 0 Å². The molecule has 0 spiro atoms. The Labute approximate surface area is 106 Å². The van der Waals surface area contributed by atoms with Gasteiger partial charge in [-0.1, -0.05) is 29.8 Å². The second-order valence-electron chi connectivity index (χ2n) is 3.92. The number of carbonyl (C=O) groups is 1. The molecule has 1 heterocycles. The highest BCUT2D eigenvalue weighted by Crippen LogP contribution is 2.55. The van der Waals surface area contributed by atoms with Gasteiger partial charge in [0.2, 0.25) is 0 Å². The van der Waals surface area contributed by atoms with Crippen LogP contribution >= 0.6 is 10.8 Å². The fraction of sp³-hybridized carbons (Fsp3) is 0.273. The number of hydrogen-bond donors (Lipinski definition) is 4. The molecule has 1 aromatic carbocycles. The number of carboxylic acids is 1. The molecule has 1 unspecified atom stereocenters. The first kappa shape index (κ1) is 12.9. The van der Waals surface area contributed by atoms with E-state index in [1.54, 1.807) is 31.2 Å². The van der Waals surface area contributed by atoms with Crippen LogP contribution < -0.4 is 5.32 Å². The summed E-state index contributed by atoms with van der Waals surface area (Å²) in [5.41, 5.74) is 0.488. The summed E-state index contributed by atoms with van der Waals surface area (Å²) >= 11 is 0. The van der Waals surface area contributed by atoms with Gasteiger partial charge in [0.1, 0.15) is 16.6 Å². The lowest BCUT2D eigenvalue weighted by Gasteiger charge is -2.35. The maximum absolute atomic E-state index is 11.1. The number of nitrogens with one attached hydrogen (secondary N) is 1. The van der Waals surface area contributed by atoms with Crippen molar-refractivity contribution in [2.75, 3.05) is 5.32 Å². The fourth-order valence-electron chi connectivity index (χ4n) is 1.79. The highest BCUT2D eigenvalue weighted by molar-refractivity contribution is 8.23. The van der Waals surface area contributed by atoms with Gasteiger partial charge in [-0.3, -0.25) is 13.9 Å². The molecule has 0 fully saturated rings. The van der Waals surface area contributed by atoms with E-state index in [0.29, 0.717) is 12.1 Å². The number of hydrogen-bond acceptors (Lipinski definition) is 5.